The Bertz CT molecular complexity index is 739. The van der Waals surface area contributed by atoms with Crippen LogP contribution in [-0.2, 0) is 0 Å². The van der Waals surface area contributed by atoms with Crippen LogP contribution < -0.4 is 5.32 Å². The molecular weight excluding hydrogens is 304 g/mol. The summed E-state index contributed by atoms with van der Waals surface area (Å²) in [5.74, 6) is -1.53. The summed E-state index contributed by atoms with van der Waals surface area (Å²) in [6, 6.07) is 2.47. The lowest BCUT2D eigenvalue weighted by Crippen LogP contribution is -2.41. The van der Waals surface area contributed by atoms with Crippen LogP contribution in [0.2, 0.25) is 0 Å². The van der Waals surface area contributed by atoms with E-state index in [1.165, 1.54) is 6.07 Å². The third-order valence-corrected chi connectivity index (χ3v) is 4.37. The van der Waals surface area contributed by atoms with Crippen LogP contribution in [0.4, 0.5) is 19.3 Å². The van der Waals surface area contributed by atoms with Crippen molar-refractivity contribution in [3.63, 3.8) is 0 Å². The predicted octanol–water partition coefficient (Wildman–Crippen LogP) is 1.86. The Kier molecular flexibility index (Phi) is 3.75. The van der Waals surface area contributed by atoms with E-state index >= 15 is 0 Å². The van der Waals surface area contributed by atoms with Crippen molar-refractivity contribution in [3.8, 4) is 12.3 Å². The first-order valence-electron chi connectivity index (χ1n) is 7.15. The van der Waals surface area contributed by atoms with Crippen LogP contribution in [0.5, 0.6) is 0 Å². The molecule has 2 aliphatic rings. The second-order valence-electron chi connectivity index (χ2n) is 5.67. The van der Waals surface area contributed by atoms with E-state index < -0.39 is 23.2 Å². The van der Waals surface area contributed by atoms with E-state index in [0.717, 1.165) is 18.6 Å². The van der Waals surface area contributed by atoms with Gasteiger partial charge in [-0.05, 0) is 12.5 Å². The van der Waals surface area contributed by atoms with E-state index in [-0.39, 0.29) is 17.6 Å². The predicted molar refractivity (Wildman–Crippen MR) is 75.9 cm³/mol. The standard InChI is InChI=1S/C15H13F2N5O/c16-11-4-13(12(17)3-10(11)5-18)20-15(23)22-2-1-9-6-21(8-19)7-14(9)22/h3-4,9,14H,1-2,6-7H2,(H,20,23)/t9-,14+/m1/s1. The molecular formula is C15H13F2N5O. The molecule has 2 saturated heterocycles. The van der Waals surface area contributed by atoms with Crippen molar-refractivity contribution in [3.05, 3.63) is 29.3 Å². The van der Waals surface area contributed by atoms with Gasteiger partial charge in [0.05, 0.1) is 17.3 Å². The lowest BCUT2D eigenvalue weighted by Gasteiger charge is -2.24. The average molecular weight is 317 g/mol. The lowest BCUT2D eigenvalue weighted by molar-refractivity contribution is 0.203. The molecule has 0 radical (unpaired) electrons. The number of nitrogens with one attached hydrogen (secondary N) is 1. The Morgan fingerprint density at radius 1 is 1.26 bits per heavy atom. The quantitative estimate of drug-likeness (QED) is 0.801. The molecule has 2 amide bonds. The number of likely N-dealkylation sites (tertiary alicyclic amines) is 2. The number of anilines is 1. The SMILES string of the molecule is N#Cc1cc(F)c(NC(=O)N2CC[C@@H]3CN(C#N)C[C@@H]32)cc1F. The summed E-state index contributed by atoms with van der Waals surface area (Å²) in [5.41, 5.74) is -0.715. The van der Waals surface area contributed by atoms with Crippen molar-refractivity contribution >= 4 is 11.7 Å². The zero-order valence-corrected chi connectivity index (χ0v) is 12.1. The summed E-state index contributed by atoms with van der Waals surface area (Å²) in [6.45, 7) is 1.59. The maximum absolute atomic E-state index is 13.8. The highest BCUT2D eigenvalue weighted by Crippen LogP contribution is 2.31. The van der Waals surface area contributed by atoms with E-state index in [9.17, 15) is 13.6 Å². The monoisotopic (exact) mass is 317 g/mol. The number of nitriles is 2. The average Bonchev–Trinajstić information content (AvgIpc) is 3.10. The minimum Gasteiger partial charge on any atom is -0.319 e. The molecule has 1 N–H and O–H groups in total. The molecule has 0 unspecified atom stereocenters. The number of urea groups is 1. The topological polar surface area (TPSA) is 83.2 Å². The summed E-state index contributed by atoms with van der Waals surface area (Å²) in [6.07, 6.45) is 2.84. The van der Waals surface area contributed by atoms with Gasteiger partial charge >= 0.3 is 6.03 Å². The van der Waals surface area contributed by atoms with E-state index in [0.29, 0.717) is 19.6 Å². The Hall–Kier alpha value is -2.87. The normalized spacial score (nSPS) is 22.4. The molecule has 2 fully saturated rings. The minimum absolute atomic E-state index is 0.0964. The number of hydrogen-bond donors (Lipinski definition) is 1. The van der Waals surface area contributed by atoms with Crippen LogP contribution in [0.3, 0.4) is 0 Å². The second kappa shape index (κ2) is 5.73. The van der Waals surface area contributed by atoms with Crippen LogP contribution in [0, 0.1) is 40.3 Å². The largest absolute Gasteiger partial charge is 0.322 e. The van der Waals surface area contributed by atoms with Crippen LogP contribution in [-0.4, -0.2) is 41.5 Å². The molecule has 0 aliphatic carbocycles. The molecule has 2 atom stereocenters. The third kappa shape index (κ3) is 2.64. The van der Waals surface area contributed by atoms with Crippen molar-refractivity contribution in [2.75, 3.05) is 25.0 Å². The third-order valence-electron chi connectivity index (χ3n) is 4.37. The fourth-order valence-electron chi connectivity index (χ4n) is 3.21. The first-order chi connectivity index (χ1) is 11.0. The van der Waals surface area contributed by atoms with Gasteiger partial charge in [0.25, 0.3) is 0 Å². The van der Waals surface area contributed by atoms with Crippen LogP contribution >= 0.6 is 0 Å². The fourth-order valence-corrected chi connectivity index (χ4v) is 3.21. The van der Waals surface area contributed by atoms with Gasteiger partial charge in [-0.3, -0.25) is 0 Å². The zero-order valence-electron chi connectivity index (χ0n) is 12.1. The van der Waals surface area contributed by atoms with Crippen molar-refractivity contribution in [1.82, 2.24) is 9.80 Å². The first-order valence-corrected chi connectivity index (χ1v) is 7.15. The highest BCUT2D eigenvalue weighted by molar-refractivity contribution is 5.90. The first kappa shape index (κ1) is 15.0. The Morgan fingerprint density at radius 3 is 2.74 bits per heavy atom. The maximum atomic E-state index is 13.8. The van der Waals surface area contributed by atoms with Crippen LogP contribution in [0.25, 0.3) is 0 Å². The summed E-state index contributed by atoms with van der Waals surface area (Å²) < 4.78 is 27.4. The number of carbonyl (C=O) groups is 1. The highest BCUT2D eigenvalue weighted by atomic mass is 19.1. The lowest BCUT2D eigenvalue weighted by atomic mass is 10.1. The molecule has 118 valence electrons. The molecule has 0 spiro atoms. The van der Waals surface area contributed by atoms with Gasteiger partial charge in [-0.1, -0.05) is 0 Å². The van der Waals surface area contributed by atoms with Crippen molar-refractivity contribution in [1.29, 1.82) is 10.5 Å². The van der Waals surface area contributed by atoms with E-state index in [4.69, 9.17) is 10.5 Å². The van der Waals surface area contributed by atoms with Gasteiger partial charge in [0.1, 0.15) is 17.7 Å². The van der Waals surface area contributed by atoms with Gasteiger partial charge in [0.2, 0.25) is 0 Å². The Balaban J connectivity index is 1.75. The van der Waals surface area contributed by atoms with Crippen molar-refractivity contribution in [2.24, 2.45) is 5.92 Å². The minimum atomic E-state index is -0.889. The number of benzene rings is 1. The molecule has 3 rings (SSSR count). The number of amides is 2. The molecule has 1 aromatic carbocycles. The number of hydrogen-bond acceptors (Lipinski definition) is 4. The molecule has 8 heteroatoms. The second-order valence-corrected chi connectivity index (χ2v) is 5.67. The van der Waals surface area contributed by atoms with Gasteiger partial charge in [-0.15, -0.1) is 0 Å². The van der Waals surface area contributed by atoms with E-state index in [1.807, 2.05) is 0 Å². The summed E-state index contributed by atoms with van der Waals surface area (Å²) in [5, 5.41) is 19.9. The molecule has 23 heavy (non-hydrogen) atoms. The van der Waals surface area contributed by atoms with E-state index in [1.54, 1.807) is 9.80 Å². The number of halogens is 2. The fraction of sp³-hybridized carbons (Fsp3) is 0.400. The summed E-state index contributed by atoms with van der Waals surface area (Å²) in [7, 11) is 0. The van der Waals surface area contributed by atoms with Crippen molar-refractivity contribution in [2.45, 2.75) is 12.5 Å². The molecule has 0 bridgehead atoms. The van der Waals surface area contributed by atoms with E-state index in [2.05, 4.69) is 11.5 Å². The molecule has 2 aliphatic heterocycles. The molecule has 1 aromatic rings. The maximum Gasteiger partial charge on any atom is 0.322 e. The Morgan fingerprint density at radius 2 is 2.04 bits per heavy atom. The van der Waals surface area contributed by atoms with Crippen molar-refractivity contribution < 1.29 is 13.6 Å². The smallest absolute Gasteiger partial charge is 0.319 e. The molecule has 6 nitrogen and oxygen atoms in total. The summed E-state index contributed by atoms with van der Waals surface area (Å²) >= 11 is 0. The molecule has 0 saturated carbocycles. The highest BCUT2D eigenvalue weighted by Gasteiger charge is 2.43. The molecule has 0 aromatic heterocycles. The van der Waals surface area contributed by atoms with Gasteiger partial charge in [-0.25, -0.2) is 13.6 Å². The van der Waals surface area contributed by atoms with Crippen LogP contribution in [0.1, 0.15) is 12.0 Å². The number of rotatable bonds is 1. The number of nitrogens with zero attached hydrogens (tertiary/aromatic N) is 4. The zero-order chi connectivity index (χ0) is 16.6. The van der Waals surface area contributed by atoms with Gasteiger partial charge in [0, 0.05) is 31.6 Å². The number of fused-ring (bicyclic) bond motifs is 1. The van der Waals surface area contributed by atoms with Gasteiger partial charge in [0.15, 0.2) is 6.19 Å². The summed E-state index contributed by atoms with van der Waals surface area (Å²) in [4.78, 5) is 15.5. The number of carbonyl (C=O) groups excluding carboxylic acids is 1. The Labute approximate surface area is 131 Å². The van der Waals surface area contributed by atoms with Crippen LogP contribution in [0.15, 0.2) is 12.1 Å². The molecule has 2 heterocycles. The van der Waals surface area contributed by atoms with Gasteiger partial charge < -0.3 is 15.1 Å². The van der Waals surface area contributed by atoms with Gasteiger partial charge in [-0.2, -0.15) is 10.5 Å².